The maximum atomic E-state index is 10.6. The number of benzene rings is 1. The number of carboxylic acids is 1. The number of carboxylic acid groups (broad SMARTS) is 1. The summed E-state index contributed by atoms with van der Waals surface area (Å²) in [5.74, 6) is -0.898. The highest BCUT2D eigenvalue weighted by molar-refractivity contribution is 5.88. The molecule has 0 saturated heterocycles. The second-order valence-corrected chi connectivity index (χ2v) is 2.86. The van der Waals surface area contributed by atoms with E-state index in [0.29, 0.717) is 12.1 Å². The monoisotopic (exact) mass is 176 g/mol. The quantitative estimate of drug-likeness (QED) is 0.711. The van der Waals surface area contributed by atoms with Crippen LogP contribution in [0.3, 0.4) is 0 Å². The molecular weight excluding hydrogens is 168 g/mol. The van der Waals surface area contributed by atoms with Crippen LogP contribution in [0.4, 0.5) is 5.69 Å². The fourth-order valence-corrected chi connectivity index (χ4v) is 1.31. The fourth-order valence-electron chi connectivity index (χ4n) is 1.31. The number of hydrogen-bond donors (Lipinski definition) is 1. The van der Waals surface area contributed by atoms with Gasteiger partial charge in [0.2, 0.25) is 0 Å². The molecule has 2 rings (SSSR count). The summed E-state index contributed by atoms with van der Waals surface area (Å²) >= 11 is 0. The summed E-state index contributed by atoms with van der Waals surface area (Å²) in [6, 6.07) is 4.91. The summed E-state index contributed by atoms with van der Waals surface area (Å²) in [7, 11) is 0. The molecule has 1 heterocycles. The van der Waals surface area contributed by atoms with Gasteiger partial charge in [-0.05, 0) is 30.2 Å². The Kier molecular flexibility index (Phi) is 1.81. The third-order valence-corrected chi connectivity index (χ3v) is 1.99. The minimum atomic E-state index is -0.898. The van der Waals surface area contributed by atoms with Crippen molar-refractivity contribution in [3.05, 3.63) is 29.3 Å². The predicted molar refractivity (Wildman–Crippen MR) is 46.5 cm³/mol. The van der Waals surface area contributed by atoms with Crippen LogP contribution in [0.25, 0.3) is 0 Å². The van der Waals surface area contributed by atoms with Gasteiger partial charge in [0.25, 0.3) is 0 Å². The molecule has 0 fully saturated rings. The molecule has 0 aliphatic carbocycles. The van der Waals surface area contributed by atoms with Crippen molar-refractivity contribution in [1.29, 1.82) is 0 Å². The van der Waals surface area contributed by atoms with Crippen molar-refractivity contribution in [2.24, 2.45) is 10.2 Å². The lowest BCUT2D eigenvalue weighted by Gasteiger charge is -2.08. The van der Waals surface area contributed by atoms with Crippen LogP contribution in [0.5, 0.6) is 0 Å². The highest BCUT2D eigenvalue weighted by Crippen LogP contribution is 2.24. The normalized spacial score (nSPS) is 13.8. The molecule has 0 saturated carbocycles. The average molecular weight is 176 g/mol. The zero-order valence-corrected chi connectivity index (χ0v) is 6.90. The summed E-state index contributed by atoms with van der Waals surface area (Å²) in [6.45, 7) is 0.649. The Morgan fingerprint density at radius 3 is 3.08 bits per heavy atom. The van der Waals surface area contributed by atoms with Gasteiger partial charge in [-0.25, -0.2) is 4.79 Å². The molecule has 0 aromatic heterocycles. The summed E-state index contributed by atoms with van der Waals surface area (Å²) < 4.78 is 0. The number of rotatable bonds is 1. The minimum Gasteiger partial charge on any atom is -0.478 e. The molecule has 1 aromatic carbocycles. The van der Waals surface area contributed by atoms with Crippen LogP contribution in [0.15, 0.2) is 28.4 Å². The van der Waals surface area contributed by atoms with E-state index >= 15 is 0 Å². The number of carbonyl (C=O) groups is 1. The third kappa shape index (κ3) is 1.42. The van der Waals surface area contributed by atoms with E-state index in [1.54, 1.807) is 18.2 Å². The van der Waals surface area contributed by atoms with Crippen molar-refractivity contribution in [1.82, 2.24) is 0 Å². The van der Waals surface area contributed by atoms with Gasteiger partial charge in [0.05, 0.1) is 17.8 Å². The van der Waals surface area contributed by atoms with E-state index in [1.807, 2.05) is 0 Å². The third-order valence-electron chi connectivity index (χ3n) is 1.99. The van der Waals surface area contributed by atoms with Crippen molar-refractivity contribution < 1.29 is 9.90 Å². The van der Waals surface area contributed by atoms with Crippen LogP contribution >= 0.6 is 0 Å². The molecule has 0 atom stereocenters. The van der Waals surface area contributed by atoms with Crippen molar-refractivity contribution in [2.75, 3.05) is 6.54 Å². The number of hydrogen-bond acceptors (Lipinski definition) is 3. The second kappa shape index (κ2) is 2.97. The van der Waals surface area contributed by atoms with E-state index in [1.165, 1.54) is 0 Å². The number of azo groups is 1. The van der Waals surface area contributed by atoms with Gasteiger partial charge in [-0.3, -0.25) is 0 Å². The first-order chi connectivity index (χ1) is 6.27. The fraction of sp³-hybridized carbons (Fsp3) is 0.222. The lowest BCUT2D eigenvalue weighted by Crippen LogP contribution is -2.00. The molecule has 1 aliphatic rings. The van der Waals surface area contributed by atoms with Crippen LogP contribution in [0.2, 0.25) is 0 Å². The molecule has 0 amide bonds. The van der Waals surface area contributed by atoms with Gasteiger partial charge in [0, 0.05) is 0 Å². The molecule has 1 aromatic rings. The van der Waals surface area contributed by atoms with E-state index in [4.69, 9.17) is 5.11 Å². The molecule has 0 bridgehead atoms. The topological polar surface area (TPSA) is 62.0 Å². The van der Waals surface area contributed by atoms with Crippen LogP contribution in [0.1, 0.15) is 15.9 Å². The standard InChI is InChI=1S/C9H8N2O2/c12-9(13)7-1-2-8-6(5-7)3-4-10-11-8/h1-2,5H,3-4H2,(H,12,13). The average Bonchev–Trinajstić information content (AvgIpc) is 2.17. The lowest BCUT2D eigenvalue weighted by molar-refractivity contribution is 0.0697. The Morgan fingerprint density at radius 2 is 2.31 bits per heavy atom. The van der Waals surface area contributed by atoms with Gasteiger partial charge in [0.1, 0.15) is 0 Å². The highest BCUT2D eigenvalue weighted by atomic mass is 16.4. The smallest absolute Gasteiger partial charge is 0.335 e. The SMILES string of the molecule is O=C(O)c1ccc2c(c1)CCN=N2. The first kappa shape index (κ1) is 7.91. The maximum absolute atomic E-state index is 10.6. The Morgan fingerprint density at radius 1 is 1.46 bits per heavy atom. The molecule has 4 nitrogen and oxygen atoms in total. The number of nitrogens with zero attached hydrogens (tertiary/aromatic N) is 2. The molecule has 13 heavy (non-hydrogen) atoms. The van der Waals surface area contributed by atoms with E-state index in [-0.39, 0.29) is 0 Å². The minimum absolute atomic E-state index is 0.316. The summed E-state index contributed by atoms with van der Waals surface area (Å²) in [6.07, 6.45) is 0.778. The van der Waals surface area contributed by atoms with Gasteiger partial charge < -0.3 is 5.11 Å². The zero-order valence-electron chi connectivity index (χ0n) is 6.90. The molecule has 0 unspecified atom stereocenters. The Hall–Kier alpha value is -1.71. The first-order valence-electron chi connectivity index (χ1n) is 4.01. The van der Waals surface area contributed by atoms with Crippen molar-refractivity contribution in [3.8, 4) is 0 Å². The van der Waals surface area contributed by atoms with Crippen LogP contribution in [0, 0.1) is 0 Å². The largest absolute Gasteiger partial charge is 0.478 e. The Labute approximate surface area is 74.9 Å². The second-order valence-electron chi connectivity index (χ2n) is 2.86. The highest BCUT2D eigenvalue weighted by Gasteiger charge is 2.10. The molecular formula is C9H8N2O2. The summed E-state index contributed by atoms with van der Waals surface area (Å²) in [5.41, 5.74) is 2.07. The van der Waals surface area contributed by atoms with Crippen LogP contribution in [-0.4, -0.2) is 17.6 Å². The molecule has 4 heteroatoms. The van der Waals surface area contributed by atoms with Gasteiger partial charge in [-0.15, -0.1) is 0 Å². The number of aromatic carboxylic acids is 1. The van der Waals surface area contributed by atoms with Gasteiger partial charge in [-0.2, -0.15) is 10.2 Å². The Balaban J connectivity index is 2.48. The Bertz CT molecular complexity index is 385. The predicted octanol–water partition coefficient (Wildman–Crippen LogP) is 2.02. The molecule has 1 aliphatic heterocycles. The van der Waals surface area contributed by atoms with Crippen molar-refractivity contribution in [2.45, 2.75) is 6.42 Å². The first-order valence-corrected chi connectivity index (χ1v) is 4.01. The molecule has 1 N–H and O–H groups in total. The van der Waals surface area contributed by atoms with E-state index in [0.717, 1.165) is 17.7 Å². The summed E-state index contributed by atoms with van der Waals surface area (Å²) in [5, 5.41) is 16.5. The van der Waals surface area contributed by atoms with Crippen LogP contribution < -0.4 is 0 Å². The zero-order chi connectivity index (χ0) is 9.26. The van der Waals surface area contributed by atoms with E-state index in [9.17, 15) is 4.79 Å². The van der Waals surface area contributed by atoms with Gasteiger partial charge >= 0.3 is 5.97 Å². The molecule has 0 spiro atoms. The summed E-state index contributed by atoms with van der Waals surface area (Å²) in [4.78, 5) is 10.6. The maximum Gasteiger partial charge on any atom is 0.335 e. The molecule has 0 radical (unpaired) electrons. The van der Waals surface area contributed by atoms with Gasteiger partial charge in [-0.1, -0.05) is 0 Å². The number of fused-ring (bicyclic) bond motifs is 1. The van der Waals surface area contributed by atoms with E-state index < -0.39 is 5.97 Å². The van der Waals surface area contributed by atoms with Crippen molar-refractivity contribution >= 4 is 11.7 Å². The van der Waals surface area contributed by atoms with Crippen molar-refractivity contribution in [3.63, 3.8) is 0 Å². The van der Waals surface area contributed by atoms with E-state index in [2.05, 4.69) is 10.2 Å². The lowest BCUT2D eigenvalue weighted by atomic mass is 10.1. The molecule has 66 valence electrons. The van der Waals surface area contributed by atoms with Crippen LogP contribution in [-0.2, 0) is 6.42 Å². The van der Waals surface area contributed by atoms with Gasteiger partial charge in [0.15, 0.2) is 0 Å².